The molecule has 1 N–H and O–H groups in total. The summed E-state index contributed by atoms with van der Waals surface area (Å²) in [5, 5.41) is 3.87. The minimum atomic E-state index is 0.683. The molecule has 0 spiro atoms. The third kappa shape index (κ3) is 2.76. The Labute approximate surface area is 113 Å². The third-order valence-corrected chi connectivity index (χ3v) is 3.45. The number of rotatable bonds is 3. The van der Waals surface area contributed by atoms with E-state index >= 15 is 0 Å². The molecule has 1 heterocycles. The Morgan fingerprint density at radius 3 is 2.76 bits per heavy atom. The summed E-state index contributed by atoms with van der Waals surface area (Å²) in [6.45, 7) is 2.83. The van der Waals surface area contributed by atoms with Gasteiger partial charge < -0.3 is 5.32 Å². The van der Waals surface area contributed by atoms with Crippen LogP contribution >= 0.6 is 27.5 Å². The first-order valence-corrected chi connectivity index (χ1v) is 6.39. The minimum Gasteiger partial charge on any atom is -0.369 e. The number of benzene rings is 1. The van der Waals surface area contributed by atoms with Crippen molar-refractivity contribution in [1.29, 1.82) is 0 Å². The molecule has 2 aromatic rings. The lowest BCUT2D eigenvalue weighted by Gasteiger charge is -2.08. The second kappa shape index (κ2) is 5.47. The monoisotopic (exact) mass is 311 g/mol. The second-order valence-corrected chi connectivity index (χ2v) is 4.67. The highest BCUT2D eigenvalue weighted by atomic mass is 79.9. The van der Waals surface area contributed by atoms with E-state index in [9.17, 15) is 0 Å². The quantitative estimate of drug-likeness (QED) is 0.931. The van der Waals surface area contributed by atoms with Crippen LogP contribution in [-0.4, -0.2) is 16.5 Å². The van der Waals surface area contributed by atoms with E-state index in [1.807, 2.05) is 25.1 Å². The highest BCUT2D eigenvalue weighted by Gasteiger charge is 2.08. The molecular weight excluding hydrogens is 302 g/mol. The van der Waals surface area contributed by atoms with Gasteiger partial charge in [-0.1, -0.05) is 17.7 Å². The molecule has 0 radical (unpaired) electrons. The summed E-state index contributed by atoms with van der Waals surface area (Å²) in [5.41, 5.74) is 1.80. The Bertz CT molecular complexity index is 531. The van der Waals surface area contributed by atoms with Crippen molar-refractivity contribution in [3.63, 3.8) is 0 Å². The molecule has 1 aromatic heterocycles. The van der Waals surface area contributed by atoms with Crippen LogP contribution < -0.4 is 5.32 Å². The first-order valence-electron chi connectivity index (χ1n) is 5.22. The van der Waals surface area contributed by atoms with Crippen LogP contribution in [0.15, 0.2) is 35.1 Å². The van der Waals surface area contributed by atoms with E-state index in [0.717, 1.165) is 28.1 Å². The van der Waals surface area contributed by atoms with E-state index in [1.165, 1.54) is 0 Å². The number of aromatic nitrogens is 2. The predicted octanol–water partition coefficient (Wildman–Crippen LogP) is 3.99. The van der Waals surface area contributed by atoms with Crippen LogP contribution in [0.25, 0.3) is 11.3 Å². The average molecular weight is 313 g/mol. The van der Waals surface area contributed by atoms with Crippen molar-refractivity contribution < 1.29 is 0 Å². The SMILES string of the molecule is CCNc1nccnc1-c1ccc(Cl)c(Br)c1. The van der Waals surface area contributed by atoms with Crippen molar-refractivity contribution in [1.82, 2.24) is 9.97 Å². The fraction of sp³-hybridized carbons (Fsp3) is 0.167. The predicted molar refractivity (Wildman–Crippen MR) is 74.3 cm³/mol. The molecular formula is C12H11BrClN3. The van der Waals surface area contributed by atoms with Crippen LogP contribution in [0, 0.1) is 0 Å². The number of nitrogens with zero attached hydrogens (tertiary/aromatic N) is 2. The van der Waals surface area contributed by atoms with Gasteiger partial charge in [0.2, 0.25) is 0 Å². The number of anilines is 1. The lowest BCUT2D eigenvalue weighted by Crippen LogP contribution is -2.02. The van der Waals surface area contributed by atoms with E-state index in [0.29, 0.717) is 5.02 Å². The van der Waals surface area contributed by atoms with Crippen molar-refractivity contribution in [2.45, 2.75) is 6.92 Å². The number of halogens is 2. The van der Waals surface area contributed by atoms with Gasteiger partial charge >= 0.3 is 0 Å². The Morgan fingerprint density at radius 2 is 2.06 bits per heavy atom. The topological polar surface area (TPSA) is 37.8 Å². The highest BCUT2D eigenvalue weighted by molar-refractivity contribution is 9.10. The maximum atomic E-state index is 5.97. The third-order valence-electron chi connectivity index (χ3n) is 2.24. The van der Waals surface area contributed by atoms with Gasteiger partial charge in [0.1, 0.15) is 5.69 Å². The lowest BCUT2D eigenvalue weighted by molar-refractivity contribution is 1.12. The largest absolute Gasteiger partial charge is 0.369 e. The minimum absolute atomic E-state index is 0.683. The summed E-state index contributed by atoms with van der Waals surface area (Å²) < 4.78 is 0.852. The fourth-order valence-corrected chi connectivity index (χ4v) is 1.99. The maximum Gasteiger partial charge on any atom is 0.152 e. The van der Waals surface area contributed by atoms with Gasteiger partial charge in [-0.3, -0.25) is 4.98 Å². The fourth-order valence-electron chi connectivity index (χ4n) is 1.49. The zero-order valence-electron chi connectivity index (χ0n) is 9.24. The molecule has 17 heavy (non-hydrogen) atoms. The molecule has 0 atom stereocenters. The Hall–Kier alpha value is -1.13. The van der Waals surface area contributed by atoms with Gasteiger partial charge in [0.25, 0.3) is 0 Å². The first kappa shape index (κ1) is 12.3. The van der Waals surface area contributed by atoms with E-state index in [1.54, 1.807) is 12.4 Å². The van der Waals surface area contributed by atoms with Crippen molar-refractivity contribution >= 4 is 33.3 Å². The van der Waals surface area contributed by atoms with Gasteiger partial charge in [0.05, 0.1) is 5.02 Å². The van der Waals surface area contributed by atoms with Gasteiger partial charge in [-0.2, -0.15) is 0 Å². The second-order valence-electron chi connectivity index (χ2n) is 3.41. The number of hydrogen-bond donors (Lipinski definition) is 1. The highest BCUT2D eigenvalue weighted by Crippen LogP contribution is 2.30. The Morgan fingerprint density at radius 1 is 1.29 bits per heavy atom. The van der Waals surface area contributed by atoms with Crippen LogP contribution in [0.4, 0.5) is 5.82 Å². The lowest BCUT2D eigenvalue weighted by atomic mass is 10.1. The van der Waals surface area contributed by atoms with Crippen molar-refractivity contribution in [3.8, 4) is 11.3 Å². The number of hydrogen-bond acceptors (Lipinski definition) is 3. The molecule has 0 bridgehead atoms. The smallest absolute Gasteiger partial charge is 0.152 e. The molecule has 0 aliphatic carbocycles. The molecule has 1 aromatic carbocycles. The van der Waals surface area contributed by atoms with E-state index in [2.05, 4.69) is 31.2 Å². The summed E-state index contributed by atoms with van der Waals surface area (Å²) >= 11 is 9.38. The summed E-state index contributed by atoms with van der Waals surface area (Å²) in [4.78, 5) is 8.62. The molecule has 3 nitrogen and oxygen atoms in total. The first-order chi connectivity index (χ1) is 8.22. The average Bonchev–Trinajstić information content (AvgIpc) is 2.34. The molecule has 0 aliphatic rings. The van der Waals surface area contributed by atoms with Gasteiger partial charge in [0, 0.05) is 29.0 Å². The van der Waals surface area contributed by atoms with Gasteiger partial charge in [-0.15, -0.1) is 0 Å². The van der Waals surface area contributed by atoms with Crippen LogP contribution in [0.3, 0.4) is 0 Å². The molecule has 0 saturated carbocycles. The molecule has 0 amide bonds. The van der Waals surface area contributed by atoms with E-state index < -0.39 is 0 Å². The molecule has 2 rings (SSSR count). The summed E-state index contributed by atoms with van der Waals surface area (Å²) in [5.74, 6) is 0.782. The molecule has 88 valence electrons. The molecule has 0 aliphatic heterocycles. The van der Waals surface area contributed by atoms with Crippen molar-refractivity contribution in [3.05, 3.63) is 40.1 Å². The zero-order valence-corrected chi connectivity index (χ0v) is 11.6. The van der Waals surface area contributed by atoms with E-state index in [4.69, 9.17) is 11.6 Å². The molecule has 5 heteroatoms. The Balaban J connectivity index is 2.48. The maximum absolute atomic E-state index is 5.97. The van der Waals surface area contributed by atoms with Crippen LogP contribution in [0.1, 0.15) is 6.92 Å². The summed E-state index contributed by atoms with van der Waals surface area (Å²) in [6, 6.07) is 5.70. The van der Waals surface area contributed by atoms with Crippen LogP contribution in [0.2, 0.25) is 5.02 Å². The van der Waals surface area contributed by atoms with Gasteiger partial charge in [-0.05, 0) is 35.0 Å². The molecule has 0 unspecified atom stereocenters. The molecule has 0 saturated heterocycles. The molecule has 0 fully saturated rings. The van der Waals surface area contributed by atoms with Crippen LogP contribution in [-0.2, 0) is 0 Å². The standard InChI is InChI=1S/C12H11BrClN3/c1-2-15-12-11(16-5-6-17-12)8-3-4-10(14)9(13)7-8/h3-7H,2H2,1H3,(H,15,17). The van der Waals surface area contributed by atoms with Crippen molar-refractivity contribution in [2.24, 2.45) is 0 Å². The Kier molecular flexibility index (Phi) is 3.97. The van der Waals surface area contributed by atoms with E-state index in [-0.39, 0.29) is 0 Å². The zero-order chi connectivity index (χ0) is 12.3. The van der Waals surface area contributed by atoms with Gasteiger partial charge in [-0.25, -0.2) is 4.98 Å². The van der Waals surface area contributed by atoms with Crippen LogP contribution in [0.5, 0.6) is 0 Å². The normalized spacial score (nSPS) is 10.3. The van der Waals surface area contributed by atoms with Crippen molar-refractivity contribution in [2.75, 3.05) is 11.9 Å². The number of nitrogens with one attached hydrogen (secondary N) is 1. The summed E-state index contributed by atoms with van der Waals surface area (Å²) in [7, 11) is 0. The summed E-state index contributed by atoms with van der Waals surface area (Å²) in [6.07, 6.45) is 3.35. The van der Waals surface area contributed by atoms with Gasteiger partial charge in [0.15, 0.2) is 5.82 Å².